The normalized spacial score (nSPS) is 25.0. The van der Waals surface area contributed by atoms with Crippen molar-refractivity contribution in [2.75, 3.05) is 0 Å². The second-order valence-electron chi connectivity index (χ2n) is 2.65. The van der Waals surface area contributed by atoms with Crippen LogP contribution in [0.1, 0.15) is 20.8 Å². The van der Waals surface area contributed by atoms with Crippen LogP contribution in [-0.4, -0.2) is 17.3 Å². The van der Waals surface area contributed by atoms with Gasteiger partial charge in [-0.25, -0.2) is 8.80 Å². The Bertz CT molecular complexity index is 226. The van der Waals surface area contributed by atoms with Gasteiger partial charge in [0.15, 0.2) is 0 Å². The maximum Gasteiger partial charge on any atom is 0.0745 e. The Balaban J connectivity index is 2.90. The second kappa shape index (κ2) is 2.66. The van der Waals surface area contributed by atoms with Crippen molar-refractivity contribution >= 4 is 28.1 Å². The summed E-state index contributed by atoms with van der Waals surface area (Å²) in [4.78, 5) is 0. The zero-order valence-corrected chi connectivity index (χ0v) is 7.40. The summed E-state index contributed by atoms with van der Waals surface area (Å²) in [6, 6.07) is 0. The molecule has 1 aliphatic rings. The summed E-state index contributed by atoms with van der Waals surface area (Å²) in [5.74, 6) is 4.26. The third-order valence-electron chi connectivity index (χ3n) is 1.36. The lowest BCUT2D eigenvalue weighted by Gasteiger charge is -2.01. The molecule has 0 spiro atoms. The van der Waals surface area contributed by atoms with E-state index >= 15 is 0 Å². The Morgan fingerprint density at radius 3 is 2.20 bits per heavy atom. The molecule has 1 rings (SSSR count). The van der Waals surface area contributed by atoms with Crippen molar-refractivity contribution in [3.05, 3.63) is 0 Å². The molecular formula is C7H12N2S. The minimum absolute atomic E-state index is 0.328. The lowest BCUT2D eigenvalue weighted by atomic mass is 10.1. The first-order valence-corrected chi connectivity index (χ1v) is 4.60. The summed E-state index contributed by atoms with van der Waals surface area (Å²) in [6.45, 7) is 6.25. The smallest absolute Gasteiger partial charge is 0.0745 e. The SMILES string of the molecule is C=S1N=C(C)C(C(C)C)=N1. The van der Waals surface area contributed by atoms with Crippen molar-refractivity contribution in [1.82, 2.24) is 0 Å². The van der Waals surface area contributed by atoms with Gasteiger partial charge in [0.1, 0.15) is 0 Å². The maximum atomic E-state index is 4.30. The minimum atomic E-state index is -0.328. The van der Waals surface area contributed by atoms with Crippen LogP contribution >= 0.6 is 10.9 Å². The van der Waals surface area contributed by atoms with E-state index in [4.69, 9.17) is 0 Å². The van der Waals surface area contributed by atoms with E-state index in [-0.39, 0.29) is 10.9 Å². The first-order chi connectivity index (χ1) is 4.61. The molecule has 56 valence electrons. The summed E-state index contributed by atoms with van der Waals surface area (Å²) < 4.78 is 8.52. The van der Waals surface area contributed by atoms with E-state index in [0.29, 0.717) is 5.92 Å². The number of rotatable bonds is 1. The first kappa shape index (κ1) is 7.66. The van der Waals surface area contributed by atoms with Crippen LogP contribution in [-0.2, 0) is 0 Å². The van der Waals surface area contributed by atoms with Crippen LogP contribution < -0.4 is 0 Å². The van der Waals surface area contributed by atoms with Gasteiger partial charge in [0, 0.05) is 10.9 Å². The van der Waals surface area contributed by atoms with E-state index in [9.17, 15) is 0 Å². The van der Waals surface area contributed by atoms with E-state index in [2.05, 4.69) is 28.5 Å². The Labute approximate surface area is 64.3 Å². The van der Waals surface area contributed by atoms with Gasteiger partial charge < -0.3 is 0 Å². The van der Waals surface area contributed by atoms with Crippen LogP contribution in [0.2, 0.25) is 0 Å². The molecule has 1 unspecified atom stereocenters. The Hall–Kier alpha value is -0.440. The minimum Gasteiger partial charge on any atom is -0.205 e. The molecule has 2 nitrogen and oxygen atoms in total. The average Bonchev–Trinajstić information content (AvgIpc) is 2.10. The zero-order valence-electron chi connectivity index (χ0n) is 6.59. The van der Waals surface area contributed by atoms with Crippen molar-refractivity contribution in [1.29, 1.82) is 0 Å². The zero-order chi connectivity index (χ0) is 7.72. The Morgan fingerprint density at radius 1 is 1.40 bits per heavy atom. The van der Waals surface area contributed by atoms with Gasteiger partial charge in [0.2, 0.25) is 0 Å². The molecule has 0 N–H and O–H groups in total. The van der Waals surface area contributed by atoms with Crippen molar-refractivity contribution in [2.45, 2.75) is 20.8 Å². The summed E-state index contributed by atoms with van der Waals surface area (Å²) in [5.41, 5.74) is 2.19. The quantitative estimate of drug-likeness (QED) is 0.519. The molecule has 0 saturated heterocycles. The van der Waals surface area contributed by atoms with E-state index in [1.807, 2.05) is 6.92 Å². The highest BCUT2D eigenvalue weighted by atomic mass is 32.2. The van der Waals surface area contributed by atoms with Crippen LogP contribution in [0.3, 0.4) is 0 Å². The van der Waals surface area contributed by atoms with Crippen molar-refractivity contribution in [2.24, 2.45) is 14.7 Å². The topological polar surface area (TPSA) is 24.7 Å². The molecule has 0 aromatic heterocycles. The average molecular weight is 156 g/mol. The largest absolute Gasteiger partial charge is 0.205 e. The molecule has 3 heteroatoms. The molecule has 0 radical (unpaired) electrons. The maximum absolute atomic E-state index is 4.30. The van der Waals surface area contributed by atoms with Gasteiger partial charge in [-0.2, -0.15) is 0 Å². The van der Waals surface area contributed by atoms with Gasteiger partial charge in [-0.05, 0) is 18.7 Å². The molecule has 10 heavy (non-hydrogen) atoms. The number of hydrogen-bond acceptors (Lipinski definition) is 2. The predicted molar refractivity (Wildman–Crippen MR) is 50.1 cm³/mol. The van der Waals surface area contributed by atoms with Crippen molar-refractivity contribution < 1.29 is 0 Å². The van der Waals surface area contributed by atoms with Gasteiger partial charge >= 0.3 is 0 Å². The molecule has 1 heterocycles. The monoisotopic (exact) mass is 156 g/mol. The fraction of sp³-hybridized carbons (Fsp3) is 0.571. The highest BCUT2D eigenvalue weighted by Crippen LogP contribution is 2.23. The molecule has 0 fully saturated rings. The van der Waals surface area contributed by atoms with Crippen molar-refractivity contribution in [3.8, 4) is 0 Å². The van der Waals surface area contributed by atoms with Crippen molar-refractivity contribution in [3.63, 3.8) is 0 Å². The molecule has 0 amide bonds. The number of nitrogens with zero attached hydrogens (tertiary/aromatic N) is 2. The van der Waals surface area contributed by atoms with E-state index in [0.717, 1.165) is 11.4 Å². The molecule has 0 aliphatic carbocycles. The lowest BCUT2D eigenvalue weighted by molar-refractivity contribution is 0.898. The third-order valence-corrected chi connectivity index (χ3v) is 2.26. The van der Waals surface area contributed by atoms with Crippen LogP contribution in [0, 0.1) is 5.92 Å². The molecule has 1 aliphatic heterocycles. The van der Waals surface area contributed by atoms with E-state index in [1.54, 1.807) is 0 Å². The van der Waals surface area contributed by atoms with Gasteiger partial charge in [-0.15, -0.1) is 0 Å². The molecule has 0 saturated carbocycles. The molecule has 0 bridgehead atoms. The Morgan fingerprint density at radius 2 is 2.00 bits per heavy atom. The predicted octanol–water partition coefficient (Wildman–Crippen LogP) is 2.09. The van der Waals surface area contributed by atoms with Crippen LogP contribution in [0.15, 0.2) is 8.80 Å². The van der Waals surface area contributed by atoms with Gasteiger partial charge in [0.25, 0.3) is 0 Å². The fourth-order valence-corrected chi connectivity index (χ4v) is 1.95. The highest BCUT2D eigenvalue weighted by Gasteiger charge is 2.13. The standard InChI is InChI=1S/C7H12N2S/c1-5(2)7-6(3)8-10(4)9-7/h5H,4H2,1-3H3. The fourth-order valence-electron chi connectivity index (χ4n) is 0.928. The highest BCUT2D eigenvalue weighted by molar-refractivity contribution is 8.12. The summed E-state index contributed by atoms with van der Waals surface area (Å²) in [6.07, 6.45) is 0. The van der Waals surface area contributed by atoms with Gasteiger partial charge in [-0.3, -0.25) is 0 Å². The van der Waals surface area contributed by atoms with Crippen LogP contribution in [0.4, 0.5) is 0 Å². The third kappa shape index (κ3) is 1.34. The van der Waals surface area contributed by atoms with E-state index in [1.165, 1.54) is 0 Å². The van der Waals surface area contributed by atoms with Gasteiger partial charge in [0.05, 0.1) is 11.4 Å². The first-order valence-electron chi connectivity index (χ1n) is 3.29. The molecular weight excluding hydrogens is 144 g/mol. The summed E-state index contributed by atoms with van der Waals surface area (Å²) in [7, 11) is -0.328. The molecule has 0 aromatic carbocycles. The lowest BCUT2D eigenvalue weighted by Crippen LogP contribution is -2.13. The van der Waals surface area contributed by atoms with E-state index < -0.39 is 0 Å². The summed E-state index contributed by atoms with van der Waals surface area (Å²) >= 11 is 0. The number of hydrogen-bond donors (Lipinski definition) is 0. The van der Waals surface area contributed by atoms with Crippen LogP contribution in [0.5, 0.6) is 0 Å². The van der Waals surface area contributed by atoms with Gasteiger partial charge in [-0.1, -0.05) is 13.8 Å². The molecule has 0 aromatic rings. The summed E-state index contributed by atoms with van der Waals surface area (Å²) in [5, 5.41) is 0. The Kier molecular flexibility index (Phi) is 2.04. The second-order valence-corrected chi connectivity index (χ2v) is 3.69. The molecule has 1 atom stereocenters. The van der Waals surface area contributed by atoms with Crippen LogP contribution in [0.25, 0.3) is 0 Å².